The predicted molar refractivity (Wildman–Crippen MR) is 61.4 cm³/mol. The summed E-state index contributed by atoms with van der Waals surface area (Å²) >= 11 is 0. The Morgan fingerprint density at radius 3 is 2.56 bits per heavy atom. The van der Waals surface area contributed by atoms with Gasteiger partial charge in [-0.2, -0.15) is 0 Å². The highest BCUT2D eigenvalue weighted by Crippen LogP contribution is 2.29. The van der Waals surface area contributed by atoms with E-state index in [1.165, 1.54) is 6.07 Å². The molecule has 0 saturated carbocycles. The van der Waals surface area contributed by atoms with Gasteiger partial charge >= 0.3 is 0 Å². The van der Waals surface area contributed by atoms with E-state index in [1.54, 1.807) is 18.2 Å². The minimum atomic E-state index is -0.273. The minimum absolute atomic E-state index is 0.180. The molecule has 2 aromatic rings. The molecule has 3 heteroatoms. The van der Waals surface area contributed by atoms with Crippen molar-refractivity contribution >= 4 is 0 Å². The Morgan fingerprint density at radius 2 is 2.00 bits per heavy atom. The van der Waals surface area contributed by atoms with Crippen LogP contribution < -0.4 is 5.73 Å². The number of rotatable bonds is 2. The van der Waals surface area contributed by atoms with Crippen molar-refractivity contribution in [2.75, 3.05) is 0 Å². The first-order chi connectivity index (χ1) is 7.59. The van der Waals surface area contributed by atoms with Crippen LogP contribution in [0, 0.1) is 12.7 Å². The minimum Gasteiger partial charge on any atom is -0.459 e. The third-order valence-electron chi connectivity index (χ3n) is 2.54. The van der Waals surface area contributed by atoms with E-state index in [0.29, 0.717) is 17.1 Å². The van der Waals surface area contributed by atoms with E-state index in [0.717, 1.165) is 5.56 Å². The fourth-order valence-corrected chi connectivity index (χ4v) is 1.68. The molecule has 0 amide bonds. The molecule has 1 aromatic heterocycles. The van der Waals surface area contributed by atoms with Gasteiger partial charge < -0.3 is 10.2 Å². The van der Waals surface area contributed by atoms with Crippen molar-refractivity contribution in [1.82, 2.24) is 0 Å². The molecule has 2 rings (SSSR count). The Hall–Kier alpha value is -1.61. The molecule has 2 nitrogen and oxygen atoms in total. The smallest absolute Gasteiger partial charge is 0.137 e. The molecular formula is C13H14FNO. The van der Waals surface area contributed by atoms with E-state index in [9.17, 15) is 4.39 Å². The molecule has 1 atom stereocenters. The fraction of sp³-hybridized carbons (Fsp3) is 0.231. The van der Waals surface area contributed by atoms with Gasteiger partial charge in [-0.15, -0.1) is 0 Å². The van der Waals surface area contributed by atoms with E-state index in [4.69, 9.17) is 10.2 Å². The molecule has 0 saturated heterocycles. The van der Waals surface area contributed by atoms with Crippen LogP contribution in [0.15, 0.2) is 34.7 Å². The first-order valence-electron chi connectivity index (χ1n) is 5.20. The first kappa shape index (κ1) is 10.9. The lowest BCUT2D eigenvalue weighted by Crippen LogP contribution is -2.02. The summed E-state index contributed by atoms with van der Waals surface area (Å²) in [6.45, 7) is 3.68. The highest BCUT2D eigenvalue weighted by Gasteiger charge is 2.13. The summed E-state index contributed by atoms with van der Waals surface area (Å²) in [4.78, 5) is 0. The molecular weight excluding hydrogens is 205 g/mol. The zero-order chi connectivity index (χ0) is 11.7. The van der Waals surface area contributed by atoms with Gasteiger partial charge in [0.1, 0.15) is 17.3 Å². The summed E-state index contributed by atoms with van der Waals surface area (Å²) in [5, 5.41) is 0. The summed E-state index contributed by atoms with van der Waals surface area (Å²) in [6.07, 6.45) is 0. The van der Waals surface area contributed by atoms with Gasteiger partial charge in [0.05, 0.1) is 11.6 Å². The van der Waals surface area contributed by atoms with Crippen molar-refractivity contribution in [1.29, 1.82) is 0 Å². The number of halogens is 1. The van der Waals surface area contributed by atoms with Crippen LogP contribution in [0.2, 0.25) is 0 Å². The Morgan fingerprint density at radius 1 is 1.25 bits per heavy atom. The van der Waals surface area contributed by atoms with Crippen molar-refractivity contribution in [3.8, 4) is 11.3 Å². The lowest BCUT2D eigenvalue weighted by atomic mass is 10.1. The van der Waals surface area contributed by atoms with Gasteiger partial charge in [-0.05, 0) is 37.6 Å². The van der Waals surface area contributed by atoms with Crippen LogP contribution in [0.5, 0.6) is 0 Å². The van der Waals surface area contributed by atoms with Crippen LogP contribution in [0.3, 0.4) is 0 Å². The monoisotopic (exact) mass is 219 g/mol. The Labute approximate surface area is 93.9 Å². The van der Waals surface area contributed by atoms with Gasteiger partial charge in [0.2, 0.25) is 0 Å². The largest absolute Gasteiger partial charge is 0.459 e. The Balaban J connectivity index is 2.50. The summed E-state index contributed by atoms with van der Waals surface area (Å²) < 4.78 is 19.2. The van der Waals surface area contributed by atoms with Crippen molar-refractivity contribution in [2.45, 2.75) is 19.9 Å². The number of hydrogen-bond acceptors (Lipinski definition) is 2. The molecule has 1 aromatic carbocycles. The molecule has 0 radical (unpaired) electrons. The highest BCUT2D eigenvalue weighted by atomic mass is 19.1. The maximum absolute atomic E-state index is 13.7. The zero-order valence-electron chi connectivity index (χ0n) is 9.33. The summed E-state index contributed by atoms with van der Waals surface area (Å²) in [5.74, 6) is 0.922. The van der Waals surface area contributed by atoms with Crippen molar-refractivity contribution in [3.63, 3.8) is 0 Å². The van der Waals surface area contributed by atoms with Crippen LogP contribution in [-0.4, -0.2) is 0 Å². The molecule has 84 valence electrons. The van der Waals surface area contributed by atoms with Crippen LogP contribution >= 0.6 is 0 Å². The molecule has 1 unspecified atom stereocenters. The molecule has 0 bridgehead atoms. The second kappa shape index (κ2) is 4.10. The average Bonchev–Trinajstić information content (AvgIpc) is 2.66. The standard InChI is InChI=1S/C13H14FNO/c1-8-4-3-5-10(14)13(8)12-7-6-11(16-12)9(2)15/h3-7,9H,15H2,1-2H3. The van der Waals surface area contributed by atoms with Crippen molar-refractivity contribution < 1.29 is 8.81 Å². The fourth-order valence-electron chi connectivity index (χ4n) is 1.68. The summed E-state index contributed by atoms with van der Waals surface area (Å²) in [6, 6.07) is 8.32. The van der Waals surface area contributed by atoms with Crippen LogP contribution in [-0.2, 0) is 0 Å². The Kier molecular flexibility index (Phi) is 2.79. The lowest BCUT2D eigenvalue weighted by molar-refractivity contribution is 0.487. The maximum atomic E-state index is 13.7. The molecule has 0 aliphatic rings. The first-order valence-corrected chi connectivity index (χ1v) is 5.20. The number of furan rings is 1. The number of nitrogens with two attached hydrogens (primary N) is 1. The van der Waals surface area contributed by atoms with E-state index in [2.05, 4.69) is 0 Å². The quantitative estimate of drug-likeness (QED) is 0.840. The second-order valence-corrected chi connectivity index (χ2v) is 3.92. The summed E-state index contributed by atoms with van der Waals surface area (Å²) in [7, 11) is 0. The molecule has 16 heavy (non-hydrogen) atoms. The Bertz CT molecular complexity index is 482. The SMILES string of the molecule is Cc1cccc(F)c1-c1ccc(C(C)N)o1. The van der Waals surface area contributed by atoms with Gasteiger partial charge in [-0.25, -0.2) is 4.39 Å². The molecule has 0 spiro atoms. The van der Waals surface area contributed by atoms with Crippen LogP contribution in [0.25, 0.3) is 11.3 Å². The van der Waals surface area contributed by atoms with Gasteiger partial charge in [-0.3, -0.25) is 0 Å². The molecule has 0 aliphatic carbocycles. The van der Waals surface area contributed by atoms with Crippen LogP contribution in [0.4, 0.5) is 4.39 Å². The maximum Gasteiger partial charge on any atom is 0.137 e. The molecule has 0 aliphatic heterocycles. The van der Waals surface area contributed by atoms with E-state index in [1.807, 2.05) is 19.9 Å². The van der Waals surface area contributed by atoms with Gasteiger partial charge in [0.15, 0.2) is 0 Å². The van der Waals surface area contributed by atoms with Crippen LogP contribution in [0.1, 0.15) is 24.3 Å². The predicted octanol–water partition coefficient (Wildman–Crippen LogP) is 3.41. The van der Waals surface area contributed by atoms with Gasteiger partial charge in [0.25, 0.3) is 0 Å². The zero-order valence-corrected chi connectivity index (χ0v) is 9.33. The van der Waals surface area contributed by atoms with E-state index >= 15 is 0 Å². The van der Waals surface area contributed by atoms with E-state index < -0.39 is 0 Å². The van der Waals surface area contributed by atoms with Gasteiger partial charge in [-0.1, -0.05) is 12.1 Å². The average molecular weight is 219 g/mol. The third kappa shape index (κ3) is 1.86. The second-order valence-electron chi connectivity index (χ2n) is 3.92. The number of hydrogen-bond donors (Lipinski definition) is 1. The number of benzene rings is 1. The van der Waals surface area contributed by atoms with Crippen molar-refractivity contribution in [3.05, 3.63) is 47.5 Å². The lowest BCUT2D eigenvalue weighted by Gasteiger charge is -2.04. The molecule has 2 N–H and O–H groups in total. The van der Waals surface area contributed by atoms with Gasteiger partial charge in [0, 0.05) is 0 Å². The number of aryl methyl sites for hydroxylation is 1. The molecule has 0 fully saturated rings. The normalized spacial score (nSPS) is 12.8. The van der Waals surface area contributed by atoms with E-state index in [-0.39, 0.29) is 11.9 Å². The third-order valence-corrected chi connectivity index (χ3v) is 2.54. The summed E-state index contributed by atoms with van der Waals surface area (Å²) in [5.41, 5.74) is 7.05. The highest BCUT2D eigenvalue weighted by molar-refractivity contribution is 5.62. The van der Waals surface area contributed by atoms with Crippen molar-refractivity contribution in [2.24, 2.45) is 5.73 Å². The molecule has 1 heterocycles. The topological polar surface area (TPSA) is 39.2 Å².